The molecule has 2 rings (SSSR count). The summed E-state index contributed by atoms with van der Waals surface area (Å²) in [6.45, 7) is 0.883. The van der Waals surface area contributed by atoms with Crippen molar-refractivity contribution in [2.75, 3.05) is 6.61 Å². The highest BCUT2D eigenvalue weighted by atomic mass is 19.4. The second kappa shape index (κ2) is 7.13. The number of ether oxygens (including phenoxy) is 1. The highest BCUT2D eigenvalue weighted by molar-refractivity contribution is 5.27. The summed E-state index contributed by atoms with van der Waals surface area (Å²) >= 11 is 0. The normalized spacial score (nSPS) is 23.0. The average molecular weight is 303 g/mol. The van der Waals surface area contributed by atoms with Gasteiger partial charge in [-0.3, -0.25) is 0 Å². The summed E-state index contributed by atoms with van der Waals surface area (Å²) in [5, 5.41) is 12.5. The number of rotatable bonds is 5. The van der Waals surface area contributed by atoms with Gasteiger partial charge in [-0.25, -0.2) is 0 Å². The van der Waals surface area contributed by atoms with E-state index >= 15 is 0 Å². The molecule has 0 aliphatic heterocycles. The van der Waals surface area contributed by atoms with Gasteiger partial charge in [0.25, 0.3) is 0 Å². The Morgan fingerprint density at radius 3 is 2.24 bits per heavy atom. The van der Waals surface area contributed by atoms with Crippen molar-refractivity contribution in [1.82, 2.24) is 5.32 Å². The minimum atomic E-state index is -4.65. The highest BCUT2D eigenvalue weighted by Gasteiger charge is 2.30. The third-order valence-corrected chi connectivity index (χ3v) is 3.86. The van der Waals surface area contributed by atoms with E-state index < -0.39 is 6.36 Å². The van der Waals surface area contributed by atoms with Gasteiger partial charge in [0.15, 0.2) is 0 Å². The average Bonchev–Trinajstić information content (AvgIpc) is 2.45. The van der Waals surface area contributed by atoms with Crippen LogP contribution < -0.4 is 10.1 Å². The van der Waals surface area contributed by atoms with Crippen LogP contribution in [0.25, 0.3) is 0 Å². The molecule has 1 aliphatic rings. The van der Waals surface area contributed by atoms with Crippen LogP contribution in [0.1, 0.15) is 31.2 Å². The highest BCUT2D eigenvalue weighted by Crippen LogP contribution is 2.25. The van der Waals surface area contributed by atoms with Crippen LogP contribution in [-0.4, -0.2) is 24.1 Å². The first kappa shape index (κ1) is 16.1. The number of nitrogens with one attached hydrogen (secondary N) is 1. The fourth-order valence-corrected chi connectivity index (χ4v) is 2.62. The predicted octanol–water partition coefficient (Wildman–Crippen LogP) is 3.23. The quantitative estimate of drug-likeness (QED) is 0.877. The number of benzene rings is 1. The zero-order chi connectivity index (χ0) is 15.3. The van der Waals surface area contributed by atoms with E-state index in [1.54, 1.807) is 12.1 Å². The molecular weight excluding hydrogens is 283 g/mol. The van der Waals surface area contributed by atoms with Crippen molar-refractivity contribution in [3.8, 4) is 5.75 Å². The van der Waals surface area contributed by atoms with E-state index in [9.17, 15) is 13.2 Å². The molecule has 0 bridgehead atoms. The van der Waals surface area contributed by atoms with Crippen LogP contribution >= 0.6 is 0 Å². The number of hydrogen-bond donors (Lipinski definition) is 2. The monoisotopic (exact) mass is 303 g/mol. The lowest BCUT2D eigenvalue weighted by atomic mass is 9.86. The van der Waals surface area contributed by atoms with E-state index in [2.05, 4.69) is 10.1 Å². The van der Waals surface area contributed by atoms with Crippen LogP contribution in [0.5, 0.6) is 5.75 Å². The first-order valence-corrected chi connectivity index (χ1v) is 7.15. The van der Waals surface area contributed by atoms with Crippen molar-refractivity contribution in [2.45, 2.75) is 44.6 Å². The summed E-state index contributed by atoms with van der Waals surface area (Å²) in [4.78, 5) is 0. The number of hydrogen-bond acceptors (Lipinski definition) is 3. The van der Waals surface area contributed by atoms with Gasteiger partial charge in [0.2, 0.25) is 0 Å². The molecule has 0 spiro atoms. The molecule has 0 unspecified atom stereocenters. The molecule has 118 valence electrons. The van der Waals surface area contributed by atoms with E-state index in [0.717, 1.165) is 31.2 Å². The number of halogens is 3. The van der Waals surface area contributed by atoms with Crippen molar-refractivity contribution in [2.24, 2.45) is 5.92 Å². The Balaban J connectivity index is 1.76. The summed E-state index contributed by atoms with van der Waals surface area (Å²) in [5.41, 5.74) is 0.925. The zero-order valence-electron chi connectivity index (χ0n) is 11.7. The molecule has 0 heterocycles. The van der Waals surface area contributed by atoms with Gasteiger partial charge in [-0.1, -0.05) is 12.1 Å². The van der Waals surface area contributed by atoms with Gasteiger partial charge < -0.3 is 15.2 Å². The van der Waals surface area contributed by atoms with Gasteiger partial charge in [-0.2, -0.15) is 0 Å². The first-order chi connectivity index (χ1) is 9.96. The van der Waals surface area contributed by atoms with Crippen LogP contribution in [0.3, 0.4) is 0 Å². The van der Waals surface area contributed by atoms with Crippen LogP contribution in [0.15, 0.2) is 24.3 Å². The minimum Gasteiger partial charge on any atom is -0.406 e. The van der Waals surface area contributed by atoms with Crippen molar-refractivity contribution >= 4 is 0 Å². The van der Waals surface area contributed by atoms with Gasteiger partial charge in [0.05, 0.1) is 0 Å². The summed E-state index contributed by atoms with van der Waals surface area (Å²) in [6.07, 6.45) is -0.550. The topological polar surface area (TPSA) is 41.5 Å². The van der Waals surface area contributed by atoms with Crippen molar-refractivity contribution in [3.63, 3.8) is 0 Å². The lowest BCUT2D eigenvalue weighted by molar-refractivity contribution is -0.274. The molecule has 0 saturated heterocycles. The van der Waals surface area contributed by atoms with Crippen molar-refractivity contribution in [1.29, 1.82) is 0 Å². The second-order valence-corrected chi connectivity index (χ2v) is 5.47. The van der Waals surface area contributed by atoms with Gasteiger partial charge in [-0.05, 0) is 49.3 Å². The number of aliphatic hydroxyl groups excluding tert-OH is 1. The molecule has 0 atom stereocenters. The fourth-order valence-electron chi connectivity index (χ4n) is 2.62. The maximum atomic E-state index is 12.0. The molecule has 1 aromatic carbocycles. The molecule has 1 saturated carbocycles. The molecular formula is C15H20F3NO2. The molecule has 6 heteroatoms. The largest absolute Gasteiger partial charge is 0.573 e. The lowest BCUT2D eigenvalue weighted by Gasteiger charge is -2.28. The van der Waals surface area contributed by atoms with E-state index in [0.29, 0.717) is 18.5 Å². The van der Waals surface area contributed by atoms with E-state index in [4.69, 9.17) is 5.11 Å². The minimum absolute atomic E-state index is 0.199. The summed E-state index contributed by atoms with van der Waals surface area (Å²) in [5.74, 6) is 0.219. The Morgan fingerprint density at radius 1 is 1.10 bits per heavy atom. The first-order valence-electron chi connectivity index (χ1n) is 7.15. The van der Waals surface area contributed by atoms with Gasteiger partial charge in [0, 0.05) is 19.2 Å². The molecule has 3 nitrogen and oxygen atoms in total. The number of aliphatic hydroxyl groups is 1. The fraction of sp³-hybridized carbons (Fsp3) is 0.600. The molecule has 1 aliphatic carbocycles. The Labute approximate surface area is 122 Å². The van der Waals surface area contributed by atoms with Crippen molar-refractivity contribution in [3.05, 3.63) is 29.8 Å². The van der Waals surface area contributed by atoms with E-state index in [1.165, 1.54) is 12.1 Å². The Morgan fingerprint density at radius 2 is 1.71 bits per heavy atom. The molecule has 0 amide bonds. The van der Waals surface area contributed by atoms with Gasteiger partial charge >= 0.3 is 6.36 Å². The zero-order valence-corrected chi connectivity index (χ0v) is 11.7. The van der Waals surface area contributed by atoms with E-state index in [-0.39, 0.29) is 12.4 Å². The maximum absolute atomic E-state index is 12.0. The van der Waals surface area contributed by atoms with Crippen LogP contribution in [0.2, 0.25) is 0 Å². The van der Waals surface area contributed by atoms with Crippen LogP contribution in [-0.2, 0) is 6.54 Å². The smallest absolute Gasteiger partial charge is 0.406 e. The third kappa shape index (κ3) is 5.55. The van der Waals surface area contributed by atoms with Gasteiger partial charge in [0.1, 0.15) is 5.75 Å². The third-order valence-electron chi connectivity index (χ3n) is 3.86. The summed E-state index contributed by atoms with van der Waals surface area (Å²) < 4.78 is 40.0. The molecule has 0 aromatic heterocycles. The standard InChI is InChI=1S/C15H20F3NO2/c16-15(17,18)21-14-7-3-11(4-8-14)9-19-13-5-1-12(10-20)2-6-13/h3-4,7-8,12-13,19-20H,1-2,5-6,9-10H2. The van der Waals surface area contributed by atoms with Crippen LogP contribution in [0, 0.1) is 5.92 Å². The maximum Gasteiger partial charge on any atom is 0.573 e. The van der Waals surface area contributed by atoms with Gasteiger partial charge in [-0.15, -0.1) is 13.2 Å². The number of alkyl halides is 3. The molecule has 21 heavy (non-hydrogen) atoms. The lowest BCUT2D eigenvalue weighted by Crippen LogP contribution is -2.33. The molecule has 1 fully saturated rings. The molecule has 1 aromatic rings. The Hall–Kier alpha value is -1.27. The SMILES string of the molecule is OCC1CCC(NCc2ccc(OC(F)(F)F)cc2)CC1. The summed E-state index contributed by atoms with van der Waals surface area (Å²) in [6, 6.07) is 6.33. The second-order valence-electron chi connectivity index (χ2n) is 5.47. The Bertz CT molecular complexity index is 426. The molecule has 2 N–H and O–H groups in total. The Kier molecular flexibility index (Phi) is 5.47. The molecule has 0 radical (unpaired) electrons. The van der Waals surface area contributed by atoms with E-state index in [1.807, 2.05) is 0 Å². The van der Waals surface area contributed by atoms with Crippen LogP contribution in [0.4, 0.5) is 13.2 Å². The summed E-state index contributed by atoms with van der Waals surface area (Å²) in [7, 11) is 0. The van der Waals surface area contributed by atoms with Crippen molar-refractivity contribution < 1.29 is 23.0 Å². The predicted molar refractivity (Wildman–Crippen MR) is 72.8 cm³/mol.